The van der Waals surface area contributed by atoms with Crippen molar-refractivity contribution in [3.63, 3.8) is 0 Å². The molecule has 1 aromatic heterocycles. The van der Waals surface area contributed by atoms with Crippen LogP contribution in [0.25, 0.3) is 0 Å². The van der Waals surface area contributed by atoms with E-state index in [4.69, 9.17) is 5.11 Å². The van der Waals surface area contributed by atoms with Crippen LogP contribution >= 0.6 is 0 Å². The summed E-state index contributed by atoms with van der Waals surface area (Å²) in [4.78, 5) is 28.4. The molecule has 8 heteroatoms. The first-order valence-electron chi connectivity index (χ1n) is 6.56. The first kappa shape index (κ1) is 15.9. The lowest BCUT2D eigenvalue weighted by Crippen LogP contribution is -2.46. The SMILES string of the molecule is CCCCC(NC(=O)N(C)Cc1n[nH]c(C)n1)C(=O)O. The highest BCUT2D eigenvalue weighted by Gasteiger charge is 2.21. The molecular formula is C12H21N5O3. The number of nitrogens with one attached hydrogen (secondary N) is 2. The molecule has 1 atom stereocenters. The molecule has 1 unspecified atom stereocenters. The Hall–Kier alpha value is -2.12. The van der Waals surface area contributed by atoms with E-state index in [1.54, 1.807) is 14.0 Å². The van der Waals surface area contributed by atoms with E-state index in [0.29, 0.717) is 18.1 Å². The molecule has 0 bridgehead atoms. The maximum Gasteiger partial charge on any atom is 0.326 e. The number of aryl methyl sites for hydroxylation is 1. The van der Waals surface area contributed by atoms with Gasteiger partial charge in [0.2, 0.25) is 0 Å². The Morgan fingerprint density at radius 3 is 2.70 bits per heavy atom. The fourth-order valence-corrected chi connectivity index (χ4v) is 1.67. The van der Waals surface area contributed by atoms with Crippen LogP contribution in [0.3, 0.4) is 0 Å². The number of unbranched alkanes of at least 4 members (excludes halogenated alkanes) is 1. The number of urea groups is 1. The number of aromatic amines is 1. The van der Waals surface area contributed by atoms with Gasteiger partial charge in [-0.15, -0.1) is 0 Å². The minimum Gasteiger partial charge on any atom is -0.480 e. The number of rotatable bonds is 7. The first-order chi connectivity index (χ1) is 9.43. The number of carbonyl (C=O) groups is 2. The Labute approximate surface area is 117 Å². The molecule has 1 aromatic rings. The topological polar surface area (TPSA) is 111 Å². The number of H-pyrrole nitrogens is 1. The standard InChI is InChI=1S/C12H21N5O3/c1-4-5-6-9(11(18)19)14-12(20)17(3)7-10-13-8(2)15-16-10/h9H,4-7H2,1-3H3,(H,14,20)(H,18,19)(H,13,15,16). The Bertz CT molecular complexity index is 460. The first-order valence-corrected chi connectivity index (χ1v) is 6.56. The van der Waals surface area contributed by atoms with Crippen LogP contribution in [0.1, 0.15) is 37.8 Å². The molecule has 3 N–H and O–H groups in total. The van der Waals surface area contributed by atoms with E-state index in [2.05, 4.69) is 20.5 Å². The van der Waals surface area contributed by atoms with Crippen LogP contribution in [0.2, 0.25) is 0 Å². The number of hydrogen-bond donors (Lipinski definition) is 3. The lowest BCUT2D eigenvalue weighted by Gasteiger charge is -2.20. The van der Waals surface area contributed by atoms with Gasteiger partial charge in [0.25, 0.3) is 0 Å². The second-order valence-electron chi connectivity index (χ2n) is 4.68. The van der Waals surface area contributed by atoms with Crippen LogP contribution in [-0.4, -0.2) is 50.3 Å². The smallest absolute Gasteiger partial charge is 0.326 e. The Balaban J connectivity index is 2.52. The number of carboxylic acids is 1. The van der Waals surface area contributed by atoms with Crippen molar-refractivity contribution in [2.75, 3.05) is 7.05 Å². The third kappa shape index (κ3) is 4.87. The second kappa shape index (κ2) is 7.46. The average Bonchev–Trinajstić information content (AvgIpc) is 2.79. The van der Waals surface area contributed by atoms with E-state index in [1.807, 2.05) is 6.92 Å². The van der Waals surface area contributed by atoms with Crippen molar-refractivity contribution in [2.24, 2.45) is 0 Å². The zero-order valence-electron chi connectivity index (χ0n) is 12.0. The Kier molecular flexibility index (Phi) is 5.95. The third-order valence-electron chi connectivity index (χ3n) is 2.81. The summed E-state index contributed by atoms with van der Waals surface area (Å²) in [5, 5.41) is 18.2. The summed E-state index contributed by atoms with van der Waals surface area (Å²) in [6, 6.07) is -1.31. The second-order valence-corrected chi connectivity index (χ2v) is 4.68. The van der Waals surface area contributed by atoms with Crippen LogP contribution in [0, 0.1) is 6.92 Å². The molecule has 0 aliphatic carbocycles. The summed E-state index contributed by atoms with van der Waals surface area (Å²) < 4.78 is 0. The minimum absolute atomic E-state index is 0.219. The van der Waals surface area contributed by atoms with E-state index in [-0.39, 0.29) is 6.54 Å². The van der Waals surface area contributed by atoms with Crippen molar-refractivity contribution in [1.29, 1.82) is 0 Å². The Morgan fingerprint density at radius 2 is 2.20 bits per heavy atom. The molecule has 2 amide bonds. The molecule has 0 aromatic carbocycles. The van der Waals surface area contributed by atoms with Crippen LogP contribution in [0.5, 0.6) is 0 Å². The van der Waals surface area contributed by atoms with E-state index in [1.165, 1.54) is 4.90 Å². The van der Waals surface area contributed by atoms with Gasteiger partial charge in [-0.05, 0) is 13.3 Å². The maximum absolute atomic E-state index is 11.9. The van der Waals surface area contributed by atoms with Crippen molar-refractivity contribution in [3.8, 4) is 0 Å². The highest BCUT2D eigenvalue weighted by atomic mass is 16.4. The highest BCUT2D eigenvalue weighted by molar-refractivity contribution is 5.82. The van der Waals surface area contributed by atoms with Crippen molar-refractivity contribution >= 4 is 12.0 Å². The largest absolute Gasteiger partial charge is 0.480 e. The minimum atomic E-state index is -1.02. The van der Waals surface area contributed by atoms with E-state index >= 15 is 0 Å². The van der Waals surface area contributed by atoms with Gasteiger partial charge in [-0.3, -0.25) is 5.10 Å². The van der Waals surface area contributed by atoms with E-state index in [0.717, 1.165) is 12.8 Å². The zero-order chi connectivity index (χ0) is 15.1. The van der Waals surface area contributed by atoms with Gasteiger partial charge < -0.3 is 15.3 Å². The lowest BCUT2D eigenvalue weighted by molar-refractivity contribution is -0.139. The van der Waals surface area contributed by atoms with Gasteiger partial charge in [-0.25, -0.2) is 14.6 Å². The highest BCUT2D eigenvalue weighted by Crippen LogP contribution is 2.03. The summed E-state index contributed by atoms with van der Waals surface area (Å²) in [6.45, 7) is 3.95. The molecule has 0 saturated carbocycles. The predicted octanol–water partition coefficient (Wildman–Crippen LogP) is 0.898. The average molecular weight is 283 g/mol. The predicted molar refractivity (Wildman–Crippen MR) is 72.1 cm³/mol. The zero-order valence-corrected chi connectivity index (χ0v) is 12.0. The molecule has 8 nitrogen and oxygen atoms in total. The molecule has 1 rings (SSSR count). The quantitative estimate of drug-likeness (QED) is 0.688. The molecule has 112 valence electrons. The van der Waals surface area contributed by atoms with Gasteiger partial charge in [0.1, 0.15) is 11.9 Å². The number of aliphatic carboxylic acids is 1. The number of hydrogen-bond acceptors (Lipinski definition) is 4. The van der Waals surface area contributed by atoms with Gasteiger partial charge in [0.05, 0.1) is 6.54 Å². The lowest BCUT2D eigenvalue weighted by atomic mass is 10.1. The van der Waals surface area contributed by atoms with Gasteiger partial charge >= 0.3 is 12.0 Å². The summed E-state index contributed by atoms with van der Waals surface area (Å²) in [5.74, 6) is 0.134. The van der Waals surface area contributed by atoms with E-state index in [9.17, 15) is 9.59 Å². The third-order valence-corrected chi connectivity index (χ3v) is 2.81. The molecule has 0 spiro atoms. The number of carboxylic acid groups (broad SMARTS) is 1. The molecule has 0 radical (unpaired) electrons. The van der Waals surface area contributed by atoms with Crippen LogP contribution in [-0.2, 0) is 11.3 Å². The normalized spacial score (nSPS) is 11.9. The Morgan fingerprint density at radius 1 is 1.50 bits per heavy atom. The van der Waals surface area contributed by atoms with Crippen LogP contribution < -0.4 is 5.32 Å². The fourth-order valence-electron chi connectivity index (χ4n) is 1.67. The van der Waals surface area contributed by atoms with Gasteiger partial charge in [-0.1, -0.05) is 19.8 Å². The van der Waals surface area contributed by atoms with Crippen LogP contribution in [0.4, 0.5) is 4.79 Å². The summed E-state index contributed by atoms with van der Waals surface area (Å²) >= 11 is 0. The van der Waals surface area contributed by atoms with Crippen molar-refractivity contribution in [1.82, 2.24) is 25.4 Å². The molecule has 1 heterocycles. The molecule has 20 heavy (non-hydrogen) atoms. The summed E-state index contributed by atoms with van der Waals surface area (Å²) in [5.41, 5.74) is 0. The van der Waals surface area contributed by atoms with Gasteiger partial charge in [-0.2, -0.15) is 5.10 Å². The van der Waals surface area contributed by atoms with Gasteiger partial charge in [0, 0.05) is 7.05 Å². The summed E-state index contributed by atoms with van der Waals surface area (Å²) in [7, 11) is 1.57. The van der Waals surface area contributed by atoms with Crippen molar-refractivity contribution < 1.29 is 14.7 Å². The van der Waals surface area contributed by atoms with Crippen molar-refractivity contribution in [3.05, 3.63) is 11.6 Å². The molecular weight excluding hydrogens is 262 g/mol. The number of carbonyl (C=O) groups excluding carboxylic acids is 1. The number of aromatic nitrogens is 3. The molecule has 0 aliphatic rings. The molecule has 0 saturated heterocycles. The fraction of sp³-hybridized carbons (Fsp3) is 0.667. The van der Waals surface area contributed by atoms with Crippen molar-refractivity contribution in [2.45, 2.75) is 45.7 Å². The molecule has 0 aliphatic heterocycles. The monoisotopic (exact) mass is 283 g/mol. The molecule has 0 fully saturated rings. The van der Waals surface area contributed by atoms with Crippen LogP contribution in [0.15, 0.2) is 0 Å². The summed E-state index contributed by atoms with van der Waals surface area (Å²) in [6.07, 6.45) is 2.05. The number of nitrogens with zero attached hydrogens (tertiary/aromatic N) is 3. The number of amides is 2. The van der Waals surface area contributed by atoms with E-state index < -0.39 is 18.0 Å². The van der Waals surface area contributed by atoms with Gasteiger partial charge in [0.15, 0.2) is 5.82 Å². The maximum atomic E-state index is 11.9.